The average molecular weight is 233 g/mol. The molecule has 1 unspecified atom stereocenters. The minimum Gasteiger partial charge on any atom is -0.369 e. The van der Waals surface area contributed by atoms with Gasteiger partial charge in [0.05, 0.1) is 11.6 Å². The van der Waals surface area contributed by atoms with Gasteiger partial charge >= 0.3 is 0 Å². The molecule has 0 spiro atoms. The molecule has 0 amide bonds. The lowest BCUT2D eigenvalue weighted by molar-refractivity contribution is 0.428. The third-order valence-electron chi connectivity index (χ3n) is 3.01. The van der Waals surface area contributed by atoms with Gasteiger partial charge in [-0.15, -0.1) is 0 Å². The van der Waals surface area contributed by atoms with Gasteiger partial charge in [-0.3, -0.25) is 4.67 Å². The van der Waals surface area contributed by atoms with Crippen LogP contribution in [0.4, 0.5) is 5.69 Å². The minimum absolute atomic E-state index is 0.772. The molecule has 0 saturated carbocycles. The van der Waals surface area contributed by atoms with Crippen molar-refractivity contribution in [3.05, 3.63) is 29.3 Å². The molecular weight excluding hydrogens is 217 g/mol. The molecular formula is C12H16N3P. The highest BCUT2D eigenvalue weighted by Crippen LogP contribution is 2.20. The minimum atomic E-state index is 0.772. The van der Waals surface area contributed by atoms with E-state index in [0.717, 1.165) is 37.3 Å². The van der Waals surface area contributed by atoms with E-state index in [-0.39, 0.29) is 0 Å². The van der Waals surface area contributed by atoms with Crippen LogP contribution < -0.4 is 4.90 Å². The number of hydrogen-bond donors (Lipinski definition) is 0. The lowest BCUT2D eigenvalue weighted by Gasteiger charge is -2.34. The summed E-state index contributed by atoms with van der Waals surface area (Å²) in [6.45, 7) is 6.24. The number of nitriles is 1. The molecule has 1 atom stereocenters. The molecule has 1 aromatic rings. The van der Waals surface area contributed by atoms with Crippen LogP contribution in [0.1, 0.15) is 11.1 Å². The number of piperazine rings is 1. The number of nitrogens with zero attached hydrogens (tertiary/aromatic N) is 3. The number of benzene rings is 1. The van der Waals surface area contributed by atoms with Gasteiger partial charge in [-0.25, -0.2) is 0 Å². The molecule has 0 N–H and O–H groups in total. The molecule has 2 rings (SSSR count). The van der Waals surface area contributed by atoms with E-state index in [9.17, 15) is 0 Å². The Bertz CT molecular complexity index is 417. The van der Waals surface area contributed by atoms with E-state index in [1.165, 1.54) is 5.69 Å². The first-order valence-corrected chi connectivity index (χ1v) is 5.97. The lowest BCUT2D eigenvalue weighted by Crippen LogP contribution is -2.42. The summed E-state index contributed by atoms with van der Waals surface area (Å²) in [7, 11) is 2.75. The van der Waals surface area contributed by atoms with Crippen LogP contribution in [0, 0.1) is 18.3 Å². The van der Waals surface area contributed by atoms with Gasteiger partial charge in [0, 0.05) is 31.9 Å². The van der Waals surface area contributed by atoms with Crippen LogP contribution in [0.3, 0.4) is 0 Å². The van der Waals surface area contributed by atoms with Crippen molar-refractivity contribution in [2.45, 2.75) is 6.92 Å². The van der Waals surface area contributed by atoms with Gasteiger partial charge < -0.3 is 4.90 Å². The molecule has 84 valence electrons. The van der Waals surface area contributed by atoms with Crippen LogP contribution >= 0.6 is 9.39 Å². The highest BCUT2D eigenvalue weighted by molar-refractivity contribution is 7.13. The second kappa shape index (κ2) is 4.82. The second-order valence-corrected chi connectivity index (χ2v) is 4.86. The summed E-state index contributed by atoms with van der Waals surface area (Å²) < 4.78 is 2.26. The maximum Gasteiger partial charge on any atom is 0.0994 e. The Kier molecular flexibility index (Phi) is 3.43. The van der Waals surface area contributed by atoms with E-state index < -0.39 is 0 Å². The van der Waals surface area contributed by atoms with Crippen molar-refractivity contribution >= 4 is 15.1 Å². The first-order valence-electron chi connectivity index (χ1n) is 5.46. The third kappa shape index (κ3) is 2.35. The van der Waals surface area contributed by atoms with E-state index in [1.807, 2.05) is 19.1 Å². The number of aryl methyl sites for hydroxylation is 1. The maximum absolute atomic E-state index is 8.88. The van der Waals surface area contributed by atoms with E-state index in [0.29, 0.717) is 0 Å². The van der Waals surface area contributed by atoms with Crippen molar-refractivity contribution in [3.8, 4) is 6.07 Å². The molecule has 0 aliphatic carbocycles. The van der Waals surface area contributed by atoms with Gasteiger partial charge in [-0.1, -0.05) is 9.39 Å². The van der Waals surface area contributed by atoms with Crippen molar-refractivity contribution in [3.63, 3.8) is 0 Å². The SMILES string of the molecule is Cc1cc(N2CCN(P)CC2)ccc1C#N. The van der Waals surface area contributed by atoms with Crippen molar-refractivity contribution < 1.29 is 0 Å². The zero-order valence-corrected chi connectivity index (χ0v) is 10.6. The van der Waals surface area contributed by atoms with Crippen LogP contribution in [0.2, 0.25) is 0 Å². The summed E-state index contributed by atoms with van der Waals surface area (Å²) in [5.74, 6) is 0. The summed E-state index contributed by atoms with van der Waals surface area (Å²) in [4.78, 5) is 2.37. The smallest absolute Gasteiger partial charge is 0.0994 e. The molecule has 1 aliphatic rings. The van der Waals surface area contributed by atoms with Crippen LogP contribution in [-0.2, 0) is 0 Å². The first kappa shape index (κ1) is 11.4. The fourth-order valence-electron chi connectivity index (χ4n) is 1.95. The predicted octanol–water partition coefficient (Wildman–Crippen LogP) is 1.78. The monoisotopic (exact) mass is 233 g/mol. The Labute approximate surface area is 98.9 Å². The fraction of sp³-hybridized carbons (Fsp3) is 0.417. The molecule has 1 fully saturated rings. The van der Waals surface area contributed by atoms with Crippen molar-refractivity contribution in [1.82, 2.24) is 4.67 Å². The molecule has 4 heteroatoms. The van der Waals surface area contributed by atoms with Crippen LogP contribution in [0.25, 0.3) is 0 Å². The lowest BCUT2D eigenvalue weighted by atomic mass is 10.1. The maximum atomic E-state index is 8.88. The molecule has 0 radical (unpaired) electrons. The summed E-state index contributed by atoms with van der Waals surface area (Å²) in [5.41, 5.74) is 3.07. The molecule has 16 heavy (non-hydrogen) atoms. The fourth-order valence-corrected chi connectivity index (χ4v) is 2.18. The highest BCUT2D eigenvalue weighted by Gasteiger charge is 2.14. The molecule has 0 aromatic heterocycles. The topological polar surface area (TPSA) is 30.3 Å². The molecule has 1 aromatic carbocycles. The van der Waals surface area contributed by atoms with E-state index in [2.05, 4.69) is 31.1 Å². The highest BCUT2D eigenvalue weighted by atomic mass is 31.0. The van der Waals surface area contributed by atoms with Gasteiger partial charge in [0.2, 0.25) is 0 Å². The average Bonchev–Trinajstić information content (AvgIpc) is 2.30. The van der Waals surface area contributed by atoms with Crippen LogP contribution in [0.5, 0.6) is 0 Å². The van der Waals surface area contributed by atoms with Crippen LogP contribution in [-0.4, -0.2) is 30.8 Å². The summed E-state index contributed by atoms with van der Waals surface area (Å²) in [6, 6.07) is 8.27. The Morgan fingerprint density at radius 1 is 1.25 bits per heavy atom. The van der Waals surface area contributed by atoms with Gasteiger partial charge in [0.1, 0.15) is 0 Å². The molecule has 3 nitrogen and oxygen atoms in total. The molecule has 1 saturated heterocycles. The Hall–Kier alpha value is -1.10. The second-order valence-electron chi connectivity index (χ2n) is 4.13. The van der Waals surface area contributed by atoms with E-state index >= 15 is 0 Å². The van der Waals surface area contributed by atoms with Crippen molar-refractivity contribution in [2.24, 2.45) is 0 Å². The third-order valence-corrected chi connectivity index (χ3v) is 3.53. The summed E-state index contributed by atoms with van der Waals surface area (Å²) in [6.07, 6.45) is 0. The standard InChI is InChI=1S/C12H16N3P/c1-10-8-12(3-2-11(10)9-13)14-4-6-15(16)7-5-14/h2-3,8H,4-7,16H2,1H3. The van der Waals surface area contributed by atoms with Crippen molar-refractivity contribution in [2.75, 3.05) is 31.1 Å². The number of hydrogen-bond acceptors (Lipinski definition) is 3. The Morgan fingerprint density at radius 2 is 1.94 bits per heavy atom. The zero-order chi connectivity index (χ0) is 11.5. The summed E-state index contributed by atoms with van der Waals surface area (Å²) >= 11 is 0. The predicted molar refractivity (Wildman–Crippen MR) is 69.4 cm³/mol. The normalized spacial score (nSPS) is 17.2. The van der Waals surface area contributed by atoms with Gasteiger partial charge in [0.25, 0.3) is 0 Å². The number of rotatable bonds is 1. The number of anilines is 1. The quantitative estimate of drug-likeness (QED) is 0.693. The molecule has 1 heterocycles. The van der Waals surface area contributed by atoms with Gasteiger partial charge in [-0.05, 0) is 30.7 Å². The Balaban J connectivity index is 2.16. The summed E-state index contributed by atoms with van der Waals surface area (Å²) in [5, 5.41) is 8.88. The van der Waals surface area contributed by atoms with Gasteiger partial charge in [-0.2, -0.15) is 5.26 Å². The van der Waals surface area contributed by atoms with Crippen molar-refractivity contribution in [1.29, 1.82) is 5.26 Å². The van der Waals surface area contributed by atoms with E-state index in [4.69, 9.17) is 5.26 Å². The van der Waals surface area contributed by atoms with Crippen LogP contribution in [0.15, 0.2) is 18.2 Å². The zero-order valence-electron chi connectivity index (χ0n) is 9.48. The molecule has 1 aliphatic heterocycles. The Morgan fingerprint density at radius 3 is 2.50 bits per heavy atom. The largest absolute Gasteiger partial charge is 0.369 e. The first-order chi connectivity index (χ1) is 7.70. The van der Waals surface area contributed by atoms with Gasteiger partial charge in [0.15, 0.2) is 0 Å². The molecule has 0 bridgehead atoms. The van der Waals surface area contributed by atoms with E-state index in [1.54, 1.807) is 0 Å².